The third-order valence-corrected chi connectivity index (χ3v) is 3.33. The largest absolute Gasteiger partial charge is 0.444 e. The molecule has 0 aliphatic rings. The van der Waals surface area contributed by atoms with E-state index < -0.39 is 0 Å². The third-order valence-electron chi connectivity index (χ3n) is 3.33. The van der Waals surface area contributed by atoms with E-state index in [1.165, 1.54) is 12.1 Å². The number of H-pyrrole nitrogens is 1. The Kier molecular flexibility index (Phi) is 3.21. The minimum Gasteiger partial charge on any atom is -0.444 e. The Morgan fingerprint density at radius 2 is 2.24 bits per heavy atom. The first kappa shape index (κ1) is 13.4. The molecule has 0 aliphatic heterocycles. The summed E-state index contributed by atoms with van der Waals surface area (Å²) in [6.07, 6.45) is 0. The van der Waals surface area contributed by atoms with E-state index in [1.807, 2.05) is 13.8 Å². The lowest BCUT2D eigenvalue weighted by atomic mass is 10.2. The Morgan fingerprint density at radius 3 is 2.90 bits per heavy atom. The van der Waals surface area contributed by atoms with Crippen molar-refractivity contribution in [2.24, 2.45) is 0 Å². The molecular weight excluding hydrogens is 273 g/mol. The van der Waals surface area contributed by atoms with Crippen LogP contribution in [0.1, 0.15) is 27.8 Å². The fourth-order valence-electron chi connectivity index (χ4n) is 2.11. The lowest BCUT2D eigenvalue weighted by molar-refractivity contribution is 0.0943. The summed E-state index contributed by atoms with van der Waals surface area (Å²) in [6, 6.07) is 6.16. The molecule has 0 unspecified atom stereocenters. The summed E-state index contributed by atoms with van der Waals surface area (Å²) in [5.74, 6) is 0.480. The molecule has 1 amide bonds. The Labute approximate surface area is 120 Å². The van der Waals surface area contributed by atoms with Crippen molar-refractivity contribution in [3.63, 3.8) is 0 Å². The summed E-state index contributed by atoms with van der Waals surface area (Å²) in [5.41, 5.74) is 1.69. The quantitative estimate of drug-likeness (QED) is 0.778. The number of fused-ring (bicyclic) bond motifs is 1. The van der Waals surface area contributed by atoms with Crippen molar-refractivity contribution >= 4 is 16.8 Å². The summed E-state index contributed by atoms with van der Waals surface area (Å²) < 4.78 is 19.0. The minimum absolute atomic E-state index is 0.186. The second kappa shape index (κ2) is 5.05. The molecule has 0 spiro atoms. The monoisotopic (exact) mass is 287 g/mol. The van der Waals surface area contributed by atoms with Gasteiger partial charge < -0.3 is 14.7 Å². The van der Waals surface area contributed by atoms with Gasteiger partial charge in [0, 0.05) is 10.9 Å². The maximum Gasteiger partial charge on any atom is 0.268 e. The molecular formula is C15H14FN3O2. The van der Waals surface area contributed by atoms with Gasteiger partial charge in [0.05, 0.1) is 12.2 Å². The molecule has 0 aliphatic carbocycles. The van der Waals surface area contributed by atoms with Gasteiger partial charge >= 0.3 is 0 Å². The number of carbonyl (C=O) groups is 1. The smallest absolute Gasteiger partial charge is 0.268 e. The van der Waals surface area contributed by atoms with Crippen molar-refractivity contribution in [1.29, 1.82) is 0 Å². The number of hydrogen-bond acceptors (Lipinski definition) is 3. The number of amides is 1. The van der Waals surface area contributed by atoms with Crippen LogP contribution < -0.4 is 5.32 Å². The molecule has 0 fully saturated rings. The van der Waals surface area contributed by atoms with Gasteiger partial charge in [-0.25, -0.2) is 9.37 Å². The maximum absolute atomic E-state index is 13.6. The van der Waals surface area contributed by atoms with E-state index in [-0.39, 0.29) is 18.3 Å². The molecule has 1 aromatic carbocycles. The number of aromatic nitrogens is 2. The van der Waals surface area contributed by atoms with Gasteiger partial charge in [-0.1, -0.05) is 6.07 Å². The van der Waals surface area contributed by atoms with Gasteiger partial charge in [0.15, 0.2) is 0 Å². The van der Waals surface area contributed by atoms with E-state index in [2.05, 4.69) is 15.3 Å². The zero-order valence-electron chi connectivity index (χ0n) is 11.7. The predicted molar refractivity (Wildman–Crippen MR) is 75.4 cm³/mol. The molecule has 2 aromatic heterocycles. The van der Waals surface area contributed by atoms with Crippen LogP contribution in [0.25, 0.3) is 10.9 Å². The van der Waals surface area contributed by atoms with Gasteiger partial charge in [0.2, 0.25) is 5.89 Å². The van der Waals surface area contributed by atoms with Crippen LogP contribution in [0, 0.1) is 19.7 Å². The first-order valence-corrected chi connectivity index (χ1v) is 6.53. The van der Waals surface area contributed by atoms with Gasteiger partial charge in [0.1, 0.15) is 17.3 Å². The zero-order chi connectivity index (χ0) is 15.0. The number of halogens is 1. The number of hydrogen-bond donors (Lipinski definition) is 2. The highest BCUT2D eigenvalue weighted by Crippen LogP contribution is 2.18. The molecule has 3 rings (SSSR count). The van der Waals surface area contributed by atoms with Gasteiger partial charge in [0.25, 0.3) is 5.91 Å². The van der Waals surface area contributed by atoms with Crippen LogP contribution in [0.4, 0.5) is 4.39 Å². The predicted octanol–water partition coefficient (Wildman–Crippen LogP) is 2.84. The Morgan fingerprint density at radius 1 is 1.43 bits per heavy atom. The lowest BCUT2D eigenvalue weighted by Gasteiger charge is -1.99. The molecule has 2 heterocycles. The first-order chi connectivity index (χ1) is 10.0. The van der Waals surface area contributed by atoms with E-state index in [4.69, 9.17) is 4.42 Å². The Bertz CT molecular complexity index is 800. The van der Waals surface area contributed by atoms with Crippen molar-refractivity contribution in [3.8, 4) is 0 Å². The standard InChI is InChI=1S/C15H14FN3O2/c1-8-9(2)21-14(18-8)7-17-15(20)13-6-10-11(16)4-3-5-12(10)19-13/h3-6,19H,7H2,1-2H3,(H,17,20). The van der Waals surface area contributed by atoms with Crippen molar-refractivity contribution in [2.75, 3.05) is 0 Å². The van der Waals surface area contributed by atoms with E-state index in [0.29, 0.717) is 22.5 Å². The van der Waals surface area contributed by atoms with Gasteiger partial charge in [-0.3, -0.25) is 4.79 Å². The fraction of sp³-hybridized carbons (Fsp3) is 0.200. The number of benzene rings is 1. The second-order valence-corrected chi connectivity index (χ2v) is 4.82. The van der Waals surface area contributed by atoms with Crippen LogP contribution in [0.5, 0.6) is 0 Å². The van der Waals surface area contributed by atoms with Gasteiger partial charge in [-0.2, -0.15) is 0 Å². The van der Waals surface area contributed by atoms with Crippen LogP contribution in [-0.4, -0.2) is 15.9 Å². The molecule has 0 atom stereocenters. The van der Waals surface area contributed by atoms with E-state index in [1.54, 1.807) is 12.1 Å². The van der Waals surface area contributed by atoms with E-state index >= 15 is 0 Å². The van der Waals surface area contributed by atoms with Gasteiger partial charge in [-0.15, -0.1) is 0 Å². The van der Waals surface area contributed by atoms with Crippen molar-refractivity contribution < 1.29 is 13.6 Å². The van der Waals surface area contributed by atoms with Crippen LogP contribution >= 0.6 is 0 Å². The van der Waals surface area contributed by atoms with E-state index in [9.17, 15) is 9.18 Å². The SMILES string of the molecule is Cc1nc(CNC(=O)c2cc3c(F)cccc3[nH]2)oc1C. The molecule has 0 radical (unpaired) electrons. The van der Waals surface area contributed by atoms with Crippen LogP contribution in [0.3, 0.4) is 0 Å². The number of nitrogens with zero attached hydrogens (tertiary/aromatic N) is 1. The number of carbonyl (C=O) groups excluding carboxylic acids is 1. The summed E-state index contributed by atoms with van der Waals surface area (Å²) >= 11 is 0. The zero-order valence-corrected chi connectivity index (χ0v) is 11.7. The molecule has 0 saturated heterocycles. The summed E-state index contributed by atoms with van der Waals surface area (Å²) in [5, 5.41) is 3.08. The highest BCUT2D eigenvalue weighted by molar-refractivity contribution is 5.98. The normalized spacial score (nSPS) is 11.0. The summed E-state index contributed by atoms with van der Waals surface area (Å²) in [7, 11) is 0. The van der Waals surface area contributed by atoms with Crippen LogP contribution in [-0.2, 0) is 6.54 Å². The molecule has 21 heavy (non-hydrogen) atoms. The molecule has 6 heteroatoms. The van der Waals surface area contributed by atoms with Crippen LogP contribution in [0.15, 0.2) is 28.7 Å². The van der Waals surface area contributed by atoms with Crippen LogP contribution in [0.2, 0.25) is 0 Å². The second-order valence-electron chi connectivity index (χ2n) is 4.82. The Hall–Kier alpha value is -2.63. The first-order valence-electron chi connectivity index (χ1n) is 6.53. The number of aryl methyl sites for hydroxylation is 2. The van der Waals surface area contributed by atoms with Crippen molar-refractivity contribution in [3.05, 3.63) is 53.1 Å². The maximum atomic E-state index is 13.6. The number of nitrogens with one attached hydrogen (secondary N) is 2. The average Bonchev–Trinajstić information content (AvgIpc) is 3.02. The highest BCUT2D eigenvalue weighted by atomic mass is 19.1. The molecule has 3 aromatic rings. The fourth-order valence-corrected chi connectivity index (χ4v) is 2.11. The summed E-state index contributed by atoms with van der Waals surface area (Å²) in [4.78, 5) is 19.1. The minimum atomic E-state index is -0.359. The molecule has 2 N–H and O–H groups in total. The van der Waals surface area contributed by atoms with Crippen molar-refractivity contribution in [1.82, 2.24) is 15.3 Å². The molecule has 5 nitrogen and oxygen atoms in total. The molecule has 0 saturated carbocycles. The Balaban J connectivity index is 1.76. The third kappa shape index (κ3) is 2.52. The average molecular weight is 287 g/mol. The lowest BCUT2D eigenvalue weighted by Crippen LogP contribution is -2.23. The summed E-state index contributed by atoms with van der Waals surface area (Å²) in [6.45, 7) is 3.84. The number of oxazole rings is 1. The number of rotatable bonds is 3. The van der Waals surface area contributed by atoms with Crippen molar-refractivity contribution in [2.45, 2.75) is 20.4 Å². The number of aromatic amines is 1. The highest BCUT2D eigenvalue weighted by Gasteiger charge is 2.13. The van der Waals surface area contributed by atoms with E-state index in [0.717, 1.165) is 11.5 Å². The molecule has 108 valence electrons. The molecule has 0 bridgehead atoms. The van der Waals surface area contributed by atoms with Gasteiger partial charge in [-0.05, 0) is 32.0 Å². The topological polar surface area (TPSA) is 70.9 Å².